The smallest absolute Gasteiger partial charge is 0.309 e. The summed E-state index contributed by atoms with van der Waals surface area (Å²) in [6.45, 7) is 1.53. The van der Waals surface area contributed by atoms with E-state index in [-0.39, 0.29) is 11.9 Å². The number of hydrogen-bond donors (Lipinski definition) is 2. The first-order chi connectivity index (χ1) is 10.5. The maximum Gasteiger partial charge on any atom is 0.309 e. The van der Waals surface area contributed by atoms with Gasteiger partial charge in [0.25, 0.3) is 11.8 Å². The van der Waals surface area contributed by atoms with E-state index in [1.807, 2.05) is 0 Å². The molecule has 0 radical (unpaired) electrons. The van der Waals surface area contributed by atoms with E-state index in [1.165, 1.54) is 18.3 Å². The van der Waals surface area contributed by atoms with Gasteiger partial charge in [0, 0.05) is 4.88 Å². The number of ether oxygens (including phenoxy) is 1. The molecule has 118 valence electrons. The number of carbonyl (C=O) groups excluding carboxylic acids is 3. The van der Waals surface area contributed by atoms with Crippen LogP contribution in [0.15, 0.2) is 0 Å². The van der Waals surface area contributed by atoms with Gasteiger partial charge in [-0.15, -0.1) is 11.3 Å². The lowest BCUT2D eigenvalue weighted by Gasteiger charge is -2.13. The second-order valence-electron chi connectivity index (χ2n) is 5.77. The standard InChI is InChI=1S/C15H18N2O4S/c1-7(21-15(20)8-5-6-8)13(19)17-14-11(12(16)18)9-3-2-4-10(9)22-14/h7-8H,2-6H2,1H3,(H2,16,18)(H,17,19)/t7-/m0/s1. The average Bonchev–Trinajstić information content (AvgIpc) is 3.11. The molecule has 1 atom stereocenters. The summed E-state index contributed by atoms with van der Waals surface area (Å²) >= 11 is 1.39. The molecule has 1 saturated carbocycles. The average molecular weight is 322 g/mol. The fourth-order valence-corrected chi connectivity index (χ4v) is 3.91. The molecule has 2 aliphatic carbocycles. The van der Waals surface area contributed by atoms with Crippen LogP contribution in [-0.4, -0.2) is 23.9 Å². The Hall–Kier alpha value is -1.89. The van der Waals surface area contributed by atoms with Gasteiger partial charge in [-0.3, -0.25) is 14.4 Å². The quantitative estimate of drug-likeness (QED) is 0.805. The number of hydrogen-bond acceptors (Lipinski definition) is 5. The highest BCUT2D eigenvalue weighted by molar-refractivity contribution is 7.17. The minimum atomic E-state index is -0.884. The Bertz CT molecular complexity index is 648. The van der Waals surface area contributed by atoms with Crippen molar-refractivity contribution < 1.29 is 19.1 Å². The van der Waals surface area contributed by atoms with Crippen molar-refractivity contribution in [2.24, 2.45) is 11.7 Å². The molecule has 2 amide bonds. The van der Waals surface area contributed by atoms with Gasteiger partial charge in [-0.2, -0.15) is 0 Å². The maximum absolute atomic E-state index is 12.2. The fourth-order valence-electron chi connectivity index (χ4n) is 2.61. The summed E-state index contributed by atoms with van der Waals surface area (Å²) in [5.74, 6) is -1.35. The lowest BCUT2D eigenvalue weighted by atomic mass is 10.1. The summed E-state index contributed by atoms with van der Waals surface area (Å²) in [5.41, 5.74) is 6.81. The number of nitrogens with one attached hydrogen (secondary N) is 1. The van der Waals surface area contributed by atoms with Crippen molar-refractivity contribution in [3.63, 3.8) is 0 Å². The maximum atomic E-state index is 12.2. The molecule has 0 bridgehead atoms. The number of anilines is 1. The van der Waals surface area contributed by atoms with Crippen LogP contribution in [0, 0.1) is 5.92 Å². The summed E-state index contributed by atoms with van der Waals surface area (Å²) in [6, 6.07) is 0. The second-order valence-corrected chi connectivity index (χ2v) is 6.87. The molecule has 0 spiro atoms. The number of esters is 1. The van der Waals surface area contributed by atoms with Gasteiger partial charge in [0.05, 0.1) is 11.5 Å². The van der Waals surface area contributed by atoms with Gasteiger partial charge in [0.15, 0.2) is 6.10 Å². The lowest BCUT2D eigenvalue weighted by Crippen LogP contribution is -2.31. The van der Waals surface area contributed by atoms with Crippen LogP contribution in [0.25, 0.3) is 0 Å². The number of primary amides is 1. The highest BCUT2D eigenvalue weighted by Crippen LogP contribution is 2.39. The molecule has 0 aliphatic heterocycles. The van der Waals surface area contributed by atoms with Crippen molar-refractivity contribution in [2.75, 3.05) is 5.32 Å². The van der Waals surface area contributed by atoms with Crippen molar-refractivity contribution in [3.8, 4) is 0 Å². The molecule has 1 fully saturated rings. The highest BCUT2D eigenvalue weighted by atomic mass is 32.1. The van der Waals surface area contributed by atoms with Crippen LogP contribution in [-0.2, 0) is 27.2 Å². The first-order valence-corrected chi connectivity index (χ1v) is 8.24. The third kappa shape index (κ3) is 2.85. The molecule has 1 aromatic heterocycles. The van der Waals surface area contributed by atoms with E-state index in [4.69, 9.17) is 10.5 Å². The highest BCUT2D eigenvalue weighted by Gasteiger charge is 2.34. The van der Waals surface area contributed by atoms with Crippen molar-refractivity contribution in [2.45, 2.75) is 45.1 Å². The van der Waals surface area contributed by atoms with Gasteiger partial charge in [0.2, 0.25) is 0 Å². The van der Waals surface area contributed by atoms with Crippen molar-refractivity contribution >= 4 is 34.1 Å². The number of fused-ring (bicyclic) bond motifs is 1. The predicted octanol–water partition coefficient (Wildman–Crippen LogP) is 1.62. The van der Waals surface area contributed by atoms with Gasteiger partial charge in [0.1, 0.15) is 5.00 Å². The first-order valence-electron chi connectivity index (χ1n) is 7.43. The van der Waals surface area contributed by atoms with Crippen LogP contribution in [0.1, 0.15) is 47.0 Å². The van der Waals surface area contributed by atoms with E-state index in [1.54, 1.807) is 0 Å². The SMILES string of the molecule is C[C@H](OC(=O)C1CC1)C(=O)Nc1sc2c(c1C(N)=O)CCC2. The van der Waals surface area contributed by atoms with E-state index >= 15 is 0 Å². The number of nitrogens with two attached hydrogens (primary N) is 1. The third-order valence-corrected chi connectivity index (χ3v) is 5.18. The van der Waals surface area contributed by atoms with Crippen molar-refractivity contribution in [1.29, 1.82) is 0 Å². The number of thiophene rings is 1. The van der Waals surface area contributed by atoms with Gasteiger partial charge < -0.3 is 15.8 Å². The summed E-state index contributed by atoms with van der Waals surface area (Å²) < 4.78 is 5.12. The van der Waals surface area contributed by atoms with E-state index < -0.39 is 17.9 Å². The van der Waals surface area contributed by atoms with Crippen LogP contribution in [0.3, 0.4) is 0 Å². The third-order valence-electron chi connectivity index (χ3n) is 3.98. The normalized spacial score (nSPS) is 17.7. The van der Waals surface area contributed by atoms with Crippen LogP contribution in [0.4, 0.5) is 5.00 Å². The molecule has 7 heteroatoms. The molecule has 22 heavy (non-hydrogen) atoms. The monoisotopic (exact) mass is 322 g/mol. The number of rotatable bonds is 5. The predicted molar refractivity (Wildman–Crippen MR) is 81.8 cm³/mol. The molecule has 0 unspecified atom stereocenters. The molecule has 6 nitrogen and oxygen atoms in total. The number of amides is 2. The Morgan fingerprint density at radius 3 is 2.68 bits per heavy atom. The Balaban J connectivity index is 1.71. The van der Waals surface area contributed by atoms with Crippen LogP contribution >= 0.6 is 11.3 Å². The lowest BCUT2D eigenvalue weighted by molar-refractivity contribution is -0.154. The Kier molecular flexibility index (Phi) is 3.90. The van der Waals surface area contributed by atoms with E-state index in [0.29, 0.717) is 10.6 Å². The molecular formula is C15H18N2O4S. The van der Waals surface area contributed by atoms with Gasteiger partial charge in [-0.05, 0) is 44.6 Å². The molecule has 2 aliphatic rings. The Morgan fingerprint density at radius 1 is 1.32 bits per heavy atom. The molecule has 1 heterocycles. The minimum Gasteiger partial charge on any atom is -0.452 e. The molecule has 0 saturated heterocycles. The topological polar surface area (TPSA) is 98.5 Å². The van der Waals surface area contributed by atoms with Gasteiger partial charge in [-0.1, -0.05) is 0 Å². The molecule has 3 N–H and O–H groups in total. The van der Waals surface area contributed by atoms with Gasteiger partial charge in [-0.25, -0.2) is 0 Å². The molecular weight excluding hydrogens is 304 g/mol. The Labute approximate surface area is 132 Å². The molecule has 3 rings (SSSR count). The van der Waals surface area contributed by atoms with Crippen LogP contribution in [0.2, 0.25) is 0 Å². The molecule has 1 aromatic rings. The summed E-state index contributed by atoms with van der Waals surface area (Å²) in [7, 11) is 0. The minimum absolute atomic E-state index is 0.0537. The summed E-state index contributed by atoms with van der Waals surface area (Å²) in [6.07, 6.45) is 3.50. The van der Waals surface area contributed by atoms with E-state index in [0.717, 1.165) is 42.5 Å². The van der Waals surface area contributed by atoms with Crippen LogP contribution < -0.4 is 11.1 Å². The van der Waals surface area contributed by atoms with Crippen LogP contribution in [0.5, 0.6) is 0 Å². The van der Waals surface area contributed by atoms with E-state index in [9.17, 15) is 14.4 Å². The van der Waals surface area contributed by atoms with Crippen molar-refractivity contribution in [1.82, 2.24) is 0 Å². The Morgan fingerprint density at radius 2 is 2.05 bits per heavy atom. The van der Waals surface area contributed by atoms with Gasteiger partial charge >= 0.3 is 5.97 Å². The zero-order valence-electron chi connectivity index (χ0n) is 12.3. The van der Waals surface area contributed by atoms with Crippen molar-refractivity contribution in [3.05, 3.63) is 16.0 Å². The second kappa shape index (κ2) is 5.72. The molecule has 0 aromatic carbocycles. The largest absolute Gasteiger partial charge is 0.452 e. The zero-order chi connectivity index (χ0) is 15.9. The summed E-state index contributed by atoms with van der Waals surface area (Å²) in [4.78, 5) is 36.5. The fraction of sp³-hybridized carbons (Fsp3) is 0.533. The first kappa shape index (κ1) is 15.0. The van der Waals surface area contributed by atoms with E-state index in [2.05, 4.69) is 5.32 Å². The zero-order valence-corrected chi connectivity index (χ0v) is 13.1. The number of aryl methyl sites for hydroxylation is 1. The number of carbonyl (C=O) groups is 3. The summed E-state index contributed by atoms with van der Waals surface area (Å²) in [5, 5.41) is 3.16.